The molecule has 0 bridgehead atoms. The van der Waals surface area contributed by atoms with Crippen molar-refractivity contribution in [2.75, 3.05) is 31.5 Å². The molecule has 0 radical (unpaired) electrons. The fourth-order valence-corrected chi connectivity index (χ4v) is 3.15. The summed E-state index contributed by atoms with van der Waals surface area (Å²) < 4.78 is 15.9. The van der Waals surface area contributed by atoms with Crippen molar-refractivity contribution in [3.05, 3.63) is 42.0 Å². The van der Waals surface area contributed by atoms with Crippen LogP contribution in [0.5, 0.6) is 17.2 Å². The molecular formula is C21H24N2O5. The van der Waals surface area contributed by atoms with Crippen LogP contribution >= 0.6 is 0 Å². The van der Waals surface area contributed by atoms with Crippen LogP contribution in [0.25, 0.3) is 0 Å². The summed E-state index contributed by atoms with van der Waals surface area (Å²) in [5.41, 5.74) is 1.62. The van der Waals surface area contributed by atoms with E-state index in [-0.39, 0.29) is 17.9 Å². The minimum Gasteiger partial charge on any atom is -0.493 e. The Morgan fingerprint density at radius 1 is 1.00 bits per heavy atom. The van der Waals surface area contributed by atoms with Crippen molar-refractivity contribution >= 4 is 23.2 Å². The van der Waals surface area contributed by atoms with Crippen molar-refractivity contribution in [3.63, 3.8) is 0 Å². The van der Waals surface area contributed by atoms with E-state index >= 15 is 0 Å². The SMILES string of the molecule is COc1cc(C(=O)Nc2ccccc2N(C(C)=O)C2CC2)cc(OC)c1OC. The summed E-state index contributed by atoms with van der Waals surface area (Å²) in [6.45, 7) is 1.54. The van der Waals surface area contributed by atoms with E-state index in [1.54, 1.807) is 23.1 Å². The van der Waals surface area contributed by atoms with E-state index in [0.717, 1.165) is 12.8 Å². The van der Waals surface area contributed by atoms with Crippen LogP contribution in [-0.2, 0) is 4.79 Å². The summed E-state index contributed by atoms with van der Waals surface area (Å²) in [7, 11) is 4.49. The van der Waals surface area contributed by atoms with Crippen LogP contribution in [0.15, 0.2) is 36.4 Å². The number of carbonyl (C=O) groups is 2. The highest BCUT2D eigenvalue weighted by atomic mass is 16.5. The molecule has 2 aromatic carbocycles. The second-order valence-corrected chi connectivity index (χ2v) is 6.51. The minimum atomic E-state index is -0.342. The van der Waals surface area contributed by atoms with E-state index < -0.39 is 0 Å². The smallest absolute Gasteiger partial charge is 0.255 e. The Morgan fingerprint density at radius 2 is 1.61 bits per heavy atom. The third kappa shape index (κ3) is 3.88. The normalized spacial score (nSPS) is 12.9. The standard InChI is InChI=1S/C21H24N2O5/c1-13(24)23(15-9-10-15)17-8-6-5-7-16(17)22-21(25)14-11-18(26-2)20(28-4)19(12-14)27-3/h5-8,11-12,15H,9-10H2,1-4H3,(H,22,25). The number of ether oxygens (including phenoxy) is 3. The Balaban J connectivity index is 1.93. The lowest BCUT2D eigenvalue weighted by molar-refractivity contribution is -0.116. The Bertz CT molecular complexity index is 867. The number of para-hydroxylation sites is 2. The lowest BCUT2D eigenvalue weighted by Gasteiger charge is -2.24. The highest BCUT2D eigenvalue weighted by Crippen LogP contribution is 2.39. The van der Waals surface area contributed by atoms with Crippen LogP contribution in [0.4, 0.5) is 11.4 Å². The van der Waals surface area contributed by atoms with Gasteiger partial charge in [0.15, 0.2) is 11.5 Å². The van der Waals surface area contributed by atoms with Gasteiger partial charge in [-0.05, 0) is 37.1 Å². The Hall–Kier alpha value is -3.22. The van der Waals surface area contributed by atoms with Gasteiger partial charge in [0.1, 0.15) is 0 Å². The molecular weight excluding hydrogens is 360 g/mol. The molecule has 0 unspecified atom stereocenters. The number of nitrogens with zero attached hydrogens (tertiary/aromatic N) is 1. The fraction of sp³-hybridized carbons (Fsp3) is 0.333. The van der Waals surface area contributed by atoms with E-state index in [4.69, 9.17) is 14.2 Å². The van der Waals surface area contributed by atoms with Gasteiger partial charge in [-0.1, -0.05) is 12.1 Å². The first-order chi connectivity index (χ1) is 13.5. The molecule has 0 aromatic heterocycles. The van der Waals surface area contributed by atoms with Crippen LogP contribution in [0.1, 0.15) is 30.1 Å². The number of anilines is 2. The molecule has 0 aliphatic heterocycles. The van der Waals surface area contributed by atoms with Crippen LogP contribution in [0, 0.1) is 0 Å². The van der Waals surface area contributed by atoms with Gasteiger partial charge in [0.05, 0.1) is 32.7 Å². The van der Waals surface area contributed by atoms with Gasteiger partial charge in [-0.3, -0.25) is 9.59 Å². The summed E-state index contributed by atoms with van der Waals surface area (Å²) >= 11 is 0. The fourth-order valence-electron chi connectivity index (χ4n) is 3.15. The molecule has 2 aromatic rings. The number of carbonyl (C=O) groups excluding carboxylic acids is 2. The van der Waals surface area contributed by atoms with E-state index in [1.165, 1.54) is 28.3 Å². The Morgan fingerprint density at radius 3 is 2.11 bits per heavy atom. The first-order valence-electron chi connectivity index (χ1n) is 9.00. The maximum Gasteiger partial charge on any atom is 0.255 e. The number of nitrogens with one attached hydrogen (secondary N) is 1. The molecule has 7 heteroatoms. The molecule has 1 saturated carbocycles. The summed E-state index contributed by atoms with van der Waals surface area (Å²) in [5, 5.41) is 2.90. The van der Waals surface area contributed by atoms with E-state index in [0.29, 0.717) is 34.2 Å². The average molecular weight is 384 g/mol. The minimum absolute atomic E-state index is 0.0445. The molecule has 0 saturated heterocycles. The van der Waals surface area contributed by atoms with Gasteiger partial charge in [-0.25, -0.2) is 0 Å². The van der Waals surface area contributed by atoms with E-state index in [2.05, 4.69) is 5.32 Å². The maximum absolute atomic E-state index is 12.9. The van der Waals surface area contributed by atoms with Crippen molar-refractivity contribution in [2.45, 2.75) is 25.8 Å². The number of benzene rings is 2. The average Bonchev–Trinajstić information content (AvgIpc) is 3.52. The van der Waals surface area contributed by atoms with Crippen LogP contribution < -0.4 is 24.4 Å². The van der Waals surface area contributed by atoms with Gasteiger partial charge < -0.3 is 24.4 Å². The molecule has 0 spiro atoms. The monoisotopic (exact) mass is 384 g/mol. The van der Waals surface area contributed by atoms with Gasteiger partial charge in [-0.15, -0.1) is 0 Å². The molecule has 1 aliphatic carbocycles. The predicted octanol–water partition coefficient (Wildman–Crippen LogP) is 3.48. The second-order valence-electron chi connectivity index (χ2n) is 6.51. The Kier molecular flexibility index (Phi) is 5.73. The molecule has 3 rings (SSSR count). The number of methoxy groups -OCH3 is 3. The molecule has 1 N–H and O–H groups in total. The maximum atomic E-state index is 12.9. The van der Waals surface area contributed by atoms with Gasteiger partial charge in [0.25, 0.3) is 5.91 Å². The van der Waals surface area contributed by atoms with Gasteiger partial charge in [0.2, 0.25) is 11.7 Å². The third-order valence-corrected chi connectivity index (χ3v) is 4.59. The summed E-state index contributed by atoms with van der Waals surface area (Å²) in [6, 6.07) is 10.7. The summed E-state index contributed by atoms with van der Waals surface area (Å²) in [4.78, 5) is 26.8. The number of hydrogen-bond donors (Lipinski definition) is 1. The third-order valence-electron chi connectivity index (χ3n) is 4.59. The van der Waals surface area contributed by atoms with Crippen LogP contribution in [0.2, 0.25) is 0 Å². The quantitative estimate of drug-likeness (QED) is 0.791. The van der Waals surface area contributed by atoms with Crippen LogP contribution in [0.3, 0.4) is 0 Å². The second kappa shape index (κ2) is 8.21. The first-order valence-corrected chi connectivity index (χ1v) is 9.00. The number of rotatable bonds is 7. The predicted molar refractivity (Wildman–Crippen MR) is 107 cm³/mol. The summed E-state index contributed by atoms with van der Waals surface area (Å²) in [5.74, 6) is 0.814. The molecule has 0 heterocycles. The van der Waals surface area contributed by atoms with Gasteiger partial charge in [0, 0.05) is 18.5 Å². The molecule has 148 valence electrons. The molecule has 2 amide bonds. The van der Waals surface area contributed by atoms with Crippen molar-refractivity contribution < 1.29 is 23.8 Å². The van der Waals surface area contributed by atoms with Crippen molar-refractivity contribution in [3.8, 4) is 17.2 Å². The molecule has 1 aliphatic rings. The highest BCUT2D eigenvalue weighted by molar-refractivity contribution is 6.08. The van der Waals surface area contributed by atoms with E-state index in [9.17, 15) is 9.59 Å². The topological polar surface area (TPSA) is 77.1 Å². The lowest BCUT2D eigenvalue weighted by Crippen LogP contribution is -2.31. The molecule has 0 atom stereocenters. The summed E-state index contributed by atoms with van der Waals surface area (Å²) in [6.07, 6.45) is 1.93. The zero-order chi connectivity index (χ0) is 20.3. The largest absolute Gasteiger partial charge is 0.493 e. The molecule has 28 heavy (non-hydrogen) atoms. The van der Waals surface area contributed by atoms with Crippen molar-refractivity contribution in [1.82, 2.24) is 0 Å². The van der Waals surface area contributed by atoms with Crippen molar-refractivity contribution in [1.29, 1.82) is 0 Å². The Labute approximate surface area is 164 Å². The number of hydrogen-bond acceptors (Lipinski definition) is 5. The first kappa shape index (κ1) is 19.5. The molecule has 7 nitrogen and oxygen atoms in total. The van der Waals surface area contributed by atoms with Gasteiger partial charge >= 0.3 is 0 Å². The zero-order valence-corrected chi connectivity index (χ0v) is 16.4. The van der Waals surface area contributed by atoms with E-state index in [1.807, 2.05) is 18.2 Å². The van der Waals surface area contributed by atoms with Crippen LogP contribution in [-0.4, -0.2) is 39.2 Å². The molecule has 1 fully saturated rings. The van der Waals surface area contributed by atoms with Gasteiger partial charge in [-0.2, -0.15) is 0 Å². The number of amides is 2. The van der Waals surface area contributed by atoms with Crippen molar-refractivity contribution in [2.24, 2.45) is 0 Å². The lowest BCUT2D eigenvalue weighted by atomic mass is 10.1. The zero-order valence-electron chi connectivity index (χ0n) is 16.4. The highest BCUT2D eigenvalue weighted by Gasteiger charge is 2.33.